The molecule has 0 aliphatic carbocycles. The molecule has 0 unspecified atom stereocenters. The van der Waals surface area contributed by atoms with Crippen LogP contribution in [-0.4, -0.2) is 18.1 Å². The van der Waals surface area contributed by atoms with E-state index in [1.54, 1.807) is 6.92 Å². The summed E-state index contributed by atoms with van der Waals surface area (Å²) in [4.78, 5) is 10.8. The quantitative estimate of drug-likeness (QED) is 0.735. The number of amides is 1. The average molecular weight is 208 g/mol. The van der Waals surface area contributed by atoms with E-state index in [2.05, 4.69) is 0 Å². The molecule has 1 amide bonds. The Balaban J connectivity index is 2.41. The molecule has 4 heteroatoms. The van der Waals surface area contributed by atoms with E-state index < -0.39 is 11.9 Å². The zero-order chi connectivity index (χ0) is 11.3. The Bertz CT molecular complexity index is 314. The molecule has 4 N–H and O–H groups in total. The van der Waals surface area contributed by atoms with E-state index in [1.165, 1.54) is 0 Å². The molecule has 0 heterocycles. The molecule has 15 heavy (non-hydrogen) atoms. The van der Waals surface area contributed by atoms with Crippen molar-refractivity contribution >= 4 is 5.91 Å². The van der Waals surface area contributed by atoms with Crippen molar-refractivity contribution < 1.29 is 9.53 Å². The molecule has 2 atom stereocenters. The Morgan fingerprint density at radius 1 is 1.40 bits per heavy atom. The molecule has 0 radical (unpaired) electrons. The molecule has 0 saturated carbocycles. The van der Waals surface area contributed by atoms with Gasteiger partial charge < -0.3 is 16.2 Å². The highest BCUT2D eigenvalue weighted by molar-refractivity contribution is 5.80. The van der Waals surface area contributed by atoms with Gasteiger partial charge >= 0.3 is 0 Å². The number of ether oxygens (including phenoxy) is 1. The van der Waals surface area contributed by atoms with Gasteiger partial charge in [0.25, 0.3) is 0 Å². The Morgan fingerprint density at radius 2 is 2.00 bits per heavy atom. The third-order valence-electron chi connectivity index (χ3n) is 2.19. The zero-order valence-corrected chi connectivity index (χ0v) is 8.72. The lowest BCUT2D eigenvalue weighted by Crippen LogP contribution is -2.45. The number of nitrogens with two attached hydrogens (primary N) is 2. The van der Waals surface area contributed by atoms with Crippen molar-refractivity contribution in [3.63, 3.8) is 0 Å². The van der Waals surface area contributed by atoms with E-state index in [0.29, 0.717) is 6.61 Å². The Kier molecular flexibility index (Phi) is 4.27. The van der Waals surface area contributed by atoms with Crippen LogP contribution in [0.15, 0.2) is 30.3 Å². The van der Waals surface area contributed by atoms with Crippen LogP contribution in [0.5, 0.6) is 0 Å². The summed E-state index contributed by atoms with van der Waals surface area (Å²) in [7, 11) is 0. The summed E-state index contributed by atoms with van der Waals surface area (Å²) >= 11 is 0. The first kappa shape index (κ1) is 11.7. The highest BCUT2D eigenvalue weighted by atomic mass is 16.5. The Labute approximate surface area is 89.2 Å². The summed E-state index contributed by atoms with van der Waals surface area (Å²) < 4.78 is 5.43. The smallest absolute Gasteiger partial charge is 0.237 e. The van der Waals surface area contributed by atoms with Gasteiger partial charge in [0.05, 0.1) is 12.7 Å². The van der Waals surface area contributed by atoms with Crippen molar-refractivity contribution in [1.29, 1.82) is 0 Å². The topological polar surface area (TPSA) is 78.3 Å². The normalized spacial score (nSPS) is 14.5. The molecule has 1 aromatic rings. The second kappa shape index (κ2) is 5.48. The number of hydrogen-bond donors (Lipinski definition) is 2. The van der Waals surface area contributed by atoms with Crippen LogP contribution in [0, 0.1) is 0 Å². The van der Waals surface area contributed by atoms with Gasteiger partial charge in [0.2, 0.25) is 5.91 Å². The van der Waals surface area contributed by atoms with Crippen LogP contribution in [0.1, 0.15) is 12.5 Å². The molecule has 1 rings (SSSR count). The molecule has 0 bridgehead atoms. The van der Waals surface area contributed by atoms with E-state index >= 15 is 0 Å². The first-order valence-corrected chi connectivity index (χ1v) is 4.81. The van der Waals surface area contributed by atoms with Gasteiger partial charge in [-0.1, -0.05) is 30.3 Å². The molecule has 0 aliphatic rings. The molecule has 82 valence electrons. The predicted octanol–water partition coefficient (Wildman–Crippen LogP) is 0.404. The number of benzene rings is 1. The minimum Gasteiger partial charge on any atom is -0.372 e. The van der Waals surface area contributed by atoms with Crippen LogP contribution >= 0.6 is 0 Å². The standard InChI is InChI=1S/C11H16N2O2/c1-8(10(12)11(13)14)15-7-9-5-3-2-4-6-9/h2-6,8,10H,7,12H2,1H3,(H2,13,14)/t8-,10+/m0/s1. The van der Waals surface area contributed by atoms with Crippen molar-refractivity contribution in [3.05, 3.63) is 35.9 Å². The summed E-state index contributed by atoms with van der Waals surface area (Å²) in [5.74, 6) is -0.546. The fourth-order valence-corrected chi connectivity index (χ4v) is 1.14. The summed E-state index contributed by atoms with van der Waals surface area (Å²) in [6.07, 6.45) is -0.372. The van der Waals surface area contributed by atoms with Crippen LogP contribution < -0.4 is 11.5 Å². The predicted molar refractivity (Wildman–Crippen MR) is 57.9 cm³/mol. The number of hydrogen-bond acceptors (Lipinski definition) is 3. The van der Waals surface area contributed by atoms with Crippen molar-refractivity contribution in [1.82, 2.24) is 0 Å². The summed E-state index contributed by atoms with van der Waals surface area (Å²) in [6, 6.07) is 8.93. The Hall–Kier alpha value is -1.39. The van der Waals surface area contributed by atoms with Crippen LogP contribution in [0.4, 0.5) is 0 Å². The van der Waals surface area contributed by atoms with Gasteiger partial charge in [-0.05, 0) is 12.5 Å². The number of carbonyl (C=O) groups excluding carboxylic acids is 1. The van der Waals surface area contributed by atoms with E-state index in [4.69, 9.17) is 16.2 Å². The number of rotatable bonds is 5. The van der Waals surface area contributed by atoms with Crippen molar-refractivity contribution in [2.75, 3.05) is 0 Å². The largest absolute Gasteiger partial charge is 0.372 e. The fraction of sp³-hybridized carbons (Fsp3) is 0.364. The number of carbonyl (C=O) groups is 1. The summed E-state index contributed by atoms with van der Waals surface area (Å²) in [5, 5.41) is 0. The minimum atomic E-state index is -0.756. The molecule has 0 aliphatic heterocycles. The second-order valence-electron chi connectivity index (χ2n) is 3.43. The first-order chi connectivity index (χ1) is 7.11. The van der Waals surface area contributed by atoms with Crippen LogP contribution in [0.25, 0.3) is 0 Å². The van der Waals surface area contributed by atoms with E-state index in [-0.39, 0.29) is 6.10 Å². The molecule has 4 nitrogen and oxygen atoms in total. The van der Waals surface area contributed by atoms with Gasteiger partial charge in [-0.15, -0.1) is 0 Å². The molecular weight excluding hydrogens is 192 g/mol. The number of primary amides is 1. The van der Waals surface area contributed by atoms with E-state index in [9.17, 15) is 4.79 Å². The minimum absolute atomic E-state index is 0.372. The molecule has 0 aromatic heterocycles. The van der Waals surface area contributed by atoms with Crippen LogP contribution in [-0.2, 0) is 16.1 Å². The van der Waals surface area contributed by atoms with Crippen molar-refractivity contribution in [3.8, 4) is 0 Å². The lowest BCUT2D eigenvalue weighted by molar-refractivity contribution is -0.122. The SMILES string of the molecule is C[C@H](OCc1ccccc1)[C@@H](N)C(N)=O. The highest BCUT2D eigenvalue weighted by Gasteiger charge is 2.18. The van der Waals surface area contributed by atoms with Crippen LogP contribution in [0.3, 0.4) is 0 Å². The van der Waals surface area contributed by atoms with Gasteiger partial charge in [0.1, 0.15) is 6.04 Å². The Morgan fingerprint density at radius 3 is 2.53 bits per heavy atom. The van der Waals surface area contributed by atoms with E-state index in [0.717, 1.165) is 5.56 Å². The lowest BCUT2D eigenvalue weighted by atomic mass is 10.2. The molecular formula is C11H16N2O2. The molecule has 0 spiro atoms. The average Bonchev–Trinajstić information content (AvgIpc) is 2.26. The second-order valence-corrected chi connectivity index (χ2v) is 3.43. The maximum Gasteiger partial charge on any atom is 0.237 e. The van der Waals surface area contributed by atoms with Gasteiger partial charge in [-0.3, -0.25) is 4.79 Å². The molecule has 0 saturated heterocycles. The maximum atomic E-state index is 10.8. The summed E-state index contributed by atoms with van der Waals surface area (Å²) in [5.41, 5.74) is 11.6. The van der Waals surface area contributed by atoms with Gasteiger partial charge in [-0.25, -0.2) is 0 Å². The van der Waals surface area contributed by atoms with Crippen LogP contribution in [0.2, 0.25) is 0 Å². The summed E-state index contributed by atoms with van der Waals surface area (Å²) in [6.45, 7) is 2.17. The van der Waals surface area contributed by atoms with E-state index in [1.807, 2.05) is 30.3 Å². The molecule has 1 aromatic carbocycles. The van der Waals surface area contributed by atoms with Crippen molar-refractivity contribution in [2.45, 2.75) is 25.7 Å². The zero-order valence-electron chi connectivity index (χ0n) is 8.72. The first-order valence-electron chi connectivity index (χ1n) is 4.81. The van der Waals surface area contributed by atoms with Gasteiger partial charge in [0, 0.05) is 0 Å². The fourth-order valence-electron chi connectivity index (χ4n) is 1.14. The third kappa shape index (κ3) is 3.69. The third-order valence-corrected chi connectivity index (χ3v) is 2.19. The lowest BCUT2D eigenvalue weighted by Gasteiger charge is -2.17. The molecule has 0 fully saturated rings. The monoisotopic (exact) mass is 208 g/mol. The van der Waals surface area contributed by atoms with Crippen molar-refractivity contribution in [2.24, 2.45) is 11.5 Å². The maximum absolute atomic E-state index is 10.8. The van der Waals surface area contributed by atoms with Gasteiger partial charge in [-0.2, -0.15) is 0 Å². The van der Waals surface area contributed by atoms with Gasteiger partial charge in [0.15, 0.2) is 0 Å². The highest BCUT2D eigenvalue weighted by Crippen LogP contribution is 2.04.